The molecule has 0 aromatic heterocycles. The molecular formula is C24H35N. The average Bonchev–Trinajstić information content (AvgIpc) is 2.62. The highest BCUT2D eigenvalue weighted by molar-refractivity contribution is 5.25. The lowest BCUT2D eigenvalue weighted by Gasteiger charge is -2.32. The van der Waals surface area contributed by atoms with Gasteiger partial charge in [0.1, 0.15) is 0 Å². The Balaban J connectivity index is 1.76. The molecule has 2 N–H and O–H groups in total. The molecule has 0 heterocycles. The van der Waals surface area contributed by atoms with E-state index < -0.39 is 0 Å². The van der Waals surface area contributed by atoms with Crippen molar-refractivity contribution in [3.05, 3.63) is 71.8 Å². The SMILES string of the molecule is CC(C)(CCCCCC(N)C(C)(C)c1ccccc1)c1ccccc1. The van der Waals surface area contributed by atoms with Crippen LogP contribution < -0.4 is 5.73 Å². The molecule has 0 spiro atoms. The van der Waals surface area contributed by atoms with Crippen molar-refractivity contribution in [2.24, 2.45) is 5.73 Å². The minimum absolute atomic E-state index is 0.0323. The van der Waals surface area contributed by atoms with Crippen LogP contribution in [0.2, 0.25) is 0 Å². The molecular weight excluding hydrogens is 302 g/mol. The zero-order valence-corrected chi connectivity index (χ0v) is 16.5. The van der Waals surface area contributed by atoms with Crippen LogP contribution in [0.15, 0.2) is 60.7 Å². The van der Waals surface area contributed by atoms with Gasteiger partial charge < -0.3 is 5.73 Å². The van der Waals surface area contributed by atoms with E-state index in [4.69, 9.17) is 5.73 Å². The molecule has 1 atom stereocenters. The van der Waals surface area contributed by atoms with E-state index in [1.807, 2.05) is 0 Å². The Morgan fingerprint density at radius 1 is 0.720 bits per heavy atom. The van der Waals surface area contributed by atoms with Crippen LogP contribution in [-0.2, 0) is 10.8 Å². The van der Waals surface area contributed by atoms with Crippen LogP contribution in [0.5, 0.6) is 0 Å². The van der Waals surface area contributed by atoms with E-state index >= 15 is 0 Å². The molecule has 0 saturated heterocycles. The van der Waals surface area contributed by atoms with Crippen molar-refractivity contribution in [3.63, 3.8) is 0 Å². The van der Waals surface area contributed by atoms with Crippen molar-refractivity contribution in [1.29, 1.82) is 0 Å². The van der Waals surface area contributed by atoms with Crippen molar-refractivity contribution >= 4 is 0 Å². The third-order valence-corrected chi connectivity index (χ3v) is 5.82. The van der Waals surface area contributed by atoms with Gasteiger partial charge >= 0.3 is 0 Å². The van der Waals surface area contributed by atoms with Gasteiger partial charge in [-0.3, -0.25) is 0 Å². The average molecular weight is 338 g/mol. The van der Waals surface area contributed by atoms with Gasteiger partial charge in [-0.05, 0) is 29.4 Å². The van der Waals surface area contributed by atoms with Gasteiger partial charge in [0.15, 0.2) is 0 Å². The molecule has 0 saturated carbocycles. The summed E-state index contributed by atoms with van der Waals surface area (Å²) in [6, 6.07) is 21.8. The summed E-state index contributed by atoms with van der Waals surface area (Å²) in [5.41, 5.74) is 9.61. The van der Waals surface area contributed by atoms with Crippen LogP contribution in [0.1, 0.15) is 70.9 Å². The molecule has 0 aliphatic rings. The lowest BCUT2D eigenvalue weighted by molar-refractivity contribution is 0.369. The highest BCUT2D eigenvalue weighted by Gasteiger charge is 2.27. The highest BCUT2D eigenvalue weighted by Crippen LogP contribution is 2.31. The third kappa shape index (κ3) is 5.44. The van der Waals surface area contributed by atoms with E-state index in [0.29, 0.717) is 0 Å². The van der Waals surface area contributed by atoms with Gasteiger partial charge in [0.05, 0.1) is 0 Å². The molecule has 1 nitrogen and oxygen atoms in total. The molecule has 0 aliphatic carbocycles. The summed E-state index contributed by atoms with van der Waals surface area (Å²) in [6.07, 6.45) is 6.06. The summed E-state index contributed by atoms with van der Waals surface area (Å²) in [4.78, 5) is 0. The smallest absolute Gasteiger partial charge is 0.0131 e. The summed E-state index contributed by atoms with van der Waals surface area (Å²) in [6.45, 7) is 9.25. The van der Waals surface area contributed by atoms with E-state index in [2.05, 4.69) is 88.4 Å². The lowest BCUT2D eigenvalue weighted by Crippen LogP contribution is -2.40. The maximum atomic E-state index is 6.54. The Morgan fingerprint density at radius 2 is 1.24 bits per heavy atom. The Morgan fingerprint density at radius 3 is 1.80 bits per heavy atom. The van der Waals surface area contributed by atoms with Gasteiger partial charge in [-0.1, -0.05) is 108 Å². The van der Waals surface area contributed by atoms with Gasteiger partial charge in [0.2, 0.25) is 0 Å². The molecule has 136 valence electrons. The number of rotatable bonds is 9. The highest BCUT2D eigenvalue weighted by atomic mass is 14.7. The van der Waals surface area contributed by atoms with Gasteiger partial charge in [0.25, 0.3) is 0 Å². The second-order valence-corrected chi connectivity index (χ2v) is 8.54. The van der Waals surface area contributed by atoms with Gasteiger partial charge in [-0.25, -0.2) is 0 Å². The minimum atomic E-state index is 0.0323. The number of nitrogens with two attached hydrogens (primary N) is 1. The van der Waals surface area contributed by atoms with E-state index in [9.17, 15) is 0 Å². The zero-order chi connectivity index (χ0) is 18.3. The van der Waals surface area contributed by atoms with E-state index in [-0.39, 0.29) is 16.9 Å². The van der Waals surface area contributed by atoms with Gasteiger partial charge in [0, 0.05) is 11.5 Å². The van der Waals surface area contributed by atoms with Gasteiger partial charge in [-0.15, -0.1) is 0 Å². The van der Waals surface area contributed by atoms with E-state index in [0.717, 1.165) is 6.42 Å². The first-order chi connectivity index (χ1) is 11.8. The second-order valence-electron chi connectivity index (χ2n) is 8.54. The lowest BCUT2D eigenvalue weighted by atomic mass is 9.76. The molecule has 2 aromatic rings. The second kappa shape index (κ2) is 8.67. The first kappa shape index (κ1) is 19.7. The number of hydrogen-bond acceptors (Lipinski definition) is 1. The number of unbranched alkanes of at least 4 members (excludes halogenated alkanes) is 2. The fourth-order valence-electron chi connectivity index (χ4n) is 3.58. The predicted octanol–water partition coefficient (Wildman–Crippen LogP) is 6.22. The van der Waals surface area contributed by atoms with Gasteiger partial charge in [-0.2, -0.15) is 0 Å². The van der Waals surface area contributed by atoms with Crippen molar-refractivity contribution in [1.82, 2.24) is 0 Å². The summed E-state index contributed by atoms with van der Waals surface area (Å²) < 4.78 is 0. The third-order valence-electron chi connectivity index (χ3n) is 5.82. The summed E-state index contributed by atoms with van der Waals surface area (Å²) in [7, 11) is 0. The number of hydrogen-bond donors (Lipinski definition) is 1. The van der Waals surface area contributed by atoms with Crippen LogP contribution >= 0.6 is 0 Å². The van der Waals surface area contributed by atoms with Crippen LogP contribution in [0, 0.1) is 0 Å². The Bertz CT molecular complexity index is 613. The van der Waals surface area contributed by atoms with E-state index in [1.165, 1.54) is 36.8 Å². The molecule has 0 bridgehead atoms. The molecule has 1 unspecified atom stereocenters. The zero-order valence-electron chi connectivity index (χ0n) is 16.5. The maximum Gasteiger partial charge on any atom is 0.0131 e. The van der Waals surface area contributed by atoms with Crippen molar-refractivity contribution in [2.45, 2.75) is 76.7 Å². The largest absolute Gasteiger partial charge is 0.327 e. The summed E-state index contributed by atoms with van der Waals surface area (Å²) in [5, 5.41) is 0. The molecule has 25 heavy (non-hydrogen) atoms. The van der Waals surface area contributed by atoms with Crippen molar-refractivity contribution in [3.8, 4) is 0 Å². The summed E-state index contributed by atoms with van der Waals surface area (Å²) >= 11 is 0. The first-order valence-electron chi connectivity index (χ1n) is 9.71. The fraction of sp³-hybridized carbons (Fsp3) is 0.500. The first-order valence-corrected chi connectivity index (χ1v) is 9.71. The minimum Gasteiger partial charge on any atom is -0.327 e. The van der Waals surface area contributed by atoms with Crippen LogP contribution in [0.4, 0.5) is 0 Å². The Kier molecular flexibility index (Phi) is 6.84. The topological polar surface area (TPSA) is 26.0 Å². The summed E-state index contributed by atoms with van der Waals surface area (Å²) in [5.74, 6) is 0. The standard InChI is InChI=1S/C24H35N/c1-23(2,20-14-8-5-9-15-20)19-13-7-12-18-22(25)24(3,4)21-16-10-6-11-17-21/h5-6,8-11,14-17,22H,7,12-13,18-19,25H2,1-4H3. The normalized spacial score (nSPS) is 13.6. The fourth-order valence-corrected chi connectivity index (χ4v) is 3.58. The van der Waals surface area contributed by atoms with Crippen molar-refractivity contribution in [2.75, 3.05) is 0 Å². The van der Waals surface area contributed by atoms with Crippen LogP contribution in [0.25, 0.3) is 0 Å². The van der Waals surface area contributed by atoms with Crippen LogP contribution in [0.3, 0.4) is 0 Å². The molecule has 0 aliphatic heterocycles. The molecule has 2 rings (SSSR count). The maximum absolute atomic E-state index is 6.54. The Hall–Kier alpha value is -1.60. The van der Waals surface area contributed by atoms with Crippen LogP contribution in [-0.4, -0.2) is 6.04 Å². The molecule has 2 aromatic carbocycles. The quantitative estimate of drug-likeness (QED) is 0.540. The molecule has 1 heteroatoms. The molecule has 0 amide bonds. The Labute approximate surface area is 154 Å². The predicted molar refractivity (Wildman–Crippen MR) is 110 cm³/mol. The molecule has 0 radical (unpaired) electrons. The monoisotopic (exact) mass is 337 g/mol. The van der Waals surface area contributed by atoms with Crippen molar-refractivity contribution < 1.29 is 0 Å². The number of benzene rings is 2. The molecule has 0 fully saturated rings. The van der Waals surface area contributed by atoms with E-state index in [1.54, 1.807) is 0 Å².